The van der Waals surface area contributed by atoms with E-state index >= 15 is 0 Å². The van der Waals surface area contributed by atoms with Crippen LogP contribution >= 0.6 is 0 Å². The number of hydrogen-bond donors (Lipinski definition) is 0. The van der Waals surface area contributed by atoms with Crippen molar-refractivity contribution in [2.24, 2.45) is 0 Å². The van der Waals surface area contributed by atoms with Crippen LogP contribution in [0.4, 0.5) is 0 Å². The molecule has 0 aromatic rings. The third-order valence-electron chi connectivity index (χ3n) is 0.118. The van der Waals surface area contributed by atoms with E-state index in [0.717, 1.165) is 0 Å². The predicted molar refractivity (Wildman–Crippen MR) is 18.5 cm³/mol. The Hall–Kier alpha value is 0.242. The van der Waals surface area contributed by atoms with Gasteiger partial charge in [-0.25, -0.2) is 0 Å². The van der Waals surface area contributed by atoms with Gasteiger partial charge < -0.3 is 4.65 Å². The number of hydrogen-bond acceptors (Lipinski definition) is 1. The van der Waals surface area contributed by atoms with E-state index in [4.69, 9.17) is 0 Å². The molecule has 0 bridgehead atoms. The zero-order chi connectivity index (χ0) is 3.41. The molecule has 0 atom stereocenters. The second kappa shape index (κ2) is 3.24. The van der Waals surface area contributed by atoms with Crippen LogP contribution in [0.25, 0.3) is 0 Å². The van der Waals surface area contributed by atoms with Gasteiger partial charge in [-0.3, -0.25) is 0 Å². The first-order valence-electron chi connectivity index (χ1n) is 0.933. The van der Waals surface area contributed by atoms with Gasteiger partial charge in [-0.2, -0.15) is 0 Å². The first kappa shape index (κ1) is 4.24. The van der Waals surface area contributed by atoms with Gasteiger partial charge in [-0.05, 0) is 0 Å². The fourth-order valence-electron chi connectivity index (χ4n) is 0. The van der Waals surface area contributed by atoms with Crippen molar-refractivity contribution >= 4 is 17.2 Å². The zero-order valence-electron chi connectivity index (χ0n) is 2.49. The molecular formula is CH3BOSi. The molecule has 4 heavy (non-hydrogen) atoms. The van der Waals surface area contributed by atoms with Crippen molar-refractivity contribution in [2.45, 2.75) is 0 Å². The first-order valence-corrected chi connectivity index (χ1v) is 1.51. The number of rotatable bonds is 1. The van der Waals surface area contributed by atoms with Crippen molar-refractivity contribution < 1.29 is 4.65 Å². The summed E-state index contributed by atoms with van der Waals surface area (Å²) < 4.78 is 4.33. The van der Waals surface area contributed by atoms with Gasteiger partial charge in [0.1, 0.15) is 0 Å². The second-order valence-electron chi connectivity index (χ2n) is 0.354. The van der Waals surface area contributed by atoms with Crippen molar-refractivity contribution in [3.63, 3.8) is 0 Å². The van der Waals surface area contributed by atoms with Gasteiger partial charge in [0.05, 0.1) is 0 Å². The highest BCUT2D eigenvalue weighted by molar-refractivity contribution is 6.85. The van der Waals surface area contributed by atoms with Gasteiger partial charge in [0.2, 0.25) is 0 Å². The molecule has 0 unspecified atom stereocenters. The van der Waals surface area contributed by atoms with Crippen molar-refractivity contribution in [3.8, 4) is 0 Å². The van der Waals surface area contributed by atoms with Crippen molar-refractivity contribution in [3.05, 3.63) is 0 Å². The van der Waals surface area contributed by atoms with E-state index in [2.05, 4.69) is 14.8 Å². The lowest BCUT2D eigenvalue weighted by molar-refractivity contribution is 0.454. The molecule has 4 radical (unpaired) electrons. The lowest BCUT2D eigenvalue weighted by atomic mass is 10.5. The van der Waals surface area contributed by atoms with E-state index < -0.39 is 0 Å². The summed E-state index contributed by atoms with van der Waals surface area (Å²) in [7, 11) is 5.95. The highest BCUT2D eigenvalue weighted by atomic mass is 28.1. The Kier molecular flexibility index (Phi) is 3.44. The predicted octanol–water partition coefficient (Wildman–Crippen LogP) is -0.665. The maximum atomic E-state index is 4.33. The van der Waals surface area contributed by atoms with E-state index in [1.807, 2.05) is 0 Å². The molecule has 0 spiro atoms. The summed E-state index contributed by atoms with van der Waals surface area (Å²) in [6.45, 7) is 0. The Morgan fingerprint density at radius 2 is 2.25 bits per heavy atom. The summed E-state index contributed by atoms with van der Waals surface area (Å²) in [4.78, 5) is 0. The molecule has 0 aliphatic rings. The van der Waals surface area contributed by atoms with Crippen LogP contribution in [0, 0.1) is 0 Å². The van der Waals surface area contributed by atoms with Crippen LogP contribution in [0.5, 0.6) is 0 Å². The van der Waals surface area contributed by atoms with Crippen LogP contribution in [0.1, 0.15) is 0 Å². The molecule has 3 heteroatoms. The van der Waals surface area contributed by atoms with Gasteiger partial charge >= 0.3 is 0 Å². The standard InChI is InChI=1S/CH3BOSi/c1-3-2-4/h1H3. The van der Waals surface area contributed by atoms with Crippen molar-refractivity contribution in [2.75, 3.05) is 7.11 Å². The van der Waals surface area contributed by atoms with Gasteiger partial charge in [-0.15, -0.1) is 0 Å². The highest BCUT2D eigenvalue weighted by Gasteiger charge is 1.60. The van der Waals surface area contributed by atoms with E-state index in [1.54, 1.807) is 7.11 Å². The lowest BCUT2D eigenvalue weighted by Gasteiger charge is -1.73. The quantitative estimate of drug-likeness (QED) is 0.372. The molecule has 0 aromatic heterocycles. The summed E-state index contributed by atoms with van der Waals surface area (Å²) in [5.74, 6) is 0. The Labute approximate surface area is 30.0 Å². The van der Waals surface area contributed by atoms with E-state index in [-0.39, 0.29) is 0 Å². The van der Waals surface area contributed by atoms with Crippen LogP contribution in [-0.4, -0.2) is 24.3 Å². The van der Waals surface area contributed by atoms with Gasteiger partial charge in [0.15, 0.2) is 0 Å². The highest BCUT2D eigenvalue weighted by Crippen LogP contribution is 1.39. The summed E-state index contributed by atoms with van der Waals surface area (Å²) >= 11 is 0. The molecule has 0 aliphatic carbocycles. The van der Waals surface area contributed by atoms with Gasteiger partial charge in [-0.1, -0.05) is 0 Å². The average Bonchev–Trinajstić information content (AvgIpc) is 1.37. The average molecular weight is 69.9 g/mol. The minimum atomic E-state index is 1.43. The summed E-state index contributed by atoms with van der Waals surface area (Å²) in [5, 5.41) is 0. The summed E-state index contributed by atoms with van der Waals surface area (Å²) in [6, 6.07) is 0. The summed E-state index contributed by atoms with van der Waals surface area (Å²) in [5.41, 5.74) is 0. The zero-order valence-corrected chi connectivity index (χ0v) is 3.49. The maximum Gasteiger partial charge on any atom is 0.266 e. The van der Waals surface area contributed by atoms with Crippen LogP contribution in [0.3, 0.4) is 0 Å². The third-order valence-corrected chi connectivity index (χ3v) is 0.354. The van der Waals surface area contributed by atoms with E-state index in [1.165, 1.54) is 7.07 Å². The van der Waals surface area contributed by atoms with Crippen molar-refractivity contribution in [1.29, 1.82) is 0 Å². The SMILES string of the molecule is CO[B][Si]. The molecule has 0 heterocycles. The Morgan fingerprint density at radius 1 is 2.00 bits per heavy atom. The van der Waals surface area contributed by atoms with Crippen LogP contribution in [0.15, 0.2) is 0 Å². The van der Waals surface area contributed by atoms with Crippen molar-refractivity contribution in [1.82, 2.24) is 0 Å². The van der Waals surface area contributed by atoms with Gasteiger partial charge in [0, 0.05) is 17.2 Å². The van der Waals surface area contributed by atoms with Gasteiger partial charge in [0.25, 0.3) is 7.07 Å². The van der Waals surface area contributed by atoms with Crippen LogP contribution in [-0.2, 0) is 4.65 Å². The topological polar surface area (TPSA) is 9.23 Å². The molecule has 0 fully saturated rings. The Bertz CT molecular complexity index is 10.0. The van der Waals surface area contributed by atoms with Crippen LogP contribution in [0.2, 0.25) is 0 Å². The minimum absolute atomic E-state index is 1.43. The van der Waals surface area contributed by atoms with Crippen LogP contribution < -0.4 is 0 Å². The molecule has 1 nitrogen and oxygen atoms in total. The normalized spacial score (nSPS) is 6.50. The molecule has 20 valence electrons. The molecule has 0 aromatic carbocycles. The Balaban J connectivity index is 1.97. The smallest absolute Gasteiger partial charge is 0.266 e. The molecular weight excluding hydrogens is 66.9 g/mol. The maximum absolute atomic E-state index is 4.33. The van der Waals surface area contributed by atoms with E-state index in [0.29, 0.717) is 0 Å². The molecule has 0 aliphatic heterocycles. The largest absolute Gasteiger partial charge is 0.448 e. The monoisotopic (exact) mass is 70.0 g/mol. The molecule has 0 rings (SSSR count). The molecule has 0 amide bonds. The molecule has 0 N–H and O–H groups in total. The first-order chi connectivity index (χ1) is 1.91. The second-order valence-corrected chi connectivity index (χ2v) is 0.589. The summed E-state index contributed by atoms with van der Waals surface area (Å²) in [6.07, 6.45) is 0. The fourth-order valence-corrected chi connectivity index (χ4v) is 0. The molecule has 0 saturated heterocycles. The fraction of sp³-hybridized carbons (Fsp3) is 1.00. The lowest BCUT2D eigenvalue weighted by Crippen LogP contribution is -1.88. The third kappa shape index (κ3) is 2.24. The Morgan fingerprint density at radius 3 is 2.25 bits per heavy atom. The minimum Gasteiger partial charge on any atom is -0.448 e. The van der Waals surface area contributed by atoms with E-state index in [9.17, 15) is 0 Å². The molecule has 0 saturated carbocycles.